The Kier molecular flexibility index (Phi) is 5.79. The number of rotatable bonds is 5. The first kappa shape index (κ1) is 20.1. The van der Waals surface area contributed by atoms with Crippen LogP contribution < -0.4 is 19.5 Å². The number of nitrogens with zero attached hydrogens (tertiary/aromatic N) is 1. The summed E-state index contributed by atoms with van der Waals surface area (Å²) in [6, 6.07) is 11.2. The van der Waals surface area contributed by atoms with Crippen molar-refractivity contribution in [3.8, 4) is 17.2 Å². The molecule has 30 heavy (non-hydrogen) atoms. The Hall–Kier alpha value is -3.22. The number of piperidine rings is 1. The SMILES string of the molecule is Cc1ccc(OCC(=O)NC2CCN(C(=O)c3ccc4c(c3)OCO4)CC2)c(C)c1. The van der Waals surface area contributed by atoms with Crippen molar-refractivity contribution < 1.29 is 23.8 Å². The molecule has 0 saturated carbocycles. The van der Waals surface area contributed by atoms with Gasteiger partial charge in [0, 0.05) is 24.7 Å². The highest BCUT2D eigenvalue weighted by Crippen LogP contribution is 2.33. The summed E-state index contributed by atoms with van der Waals surface area (Å²) in [5.41, 5.74) is 2.76. The standard InChI is InChI=1S/C23H26N2O5/c1-15-3-5-19(16(2)11-15)28-13-22(26)24-18-7-9-25(10-8-18)23(27)17-4-6-20-21(12-17)30-14-29-20/h3-6,11-12,18H,7-10,13-14H2,1-2H3,(H,24,26). The van der Waals surface area contributed by atoms with Crippen molar-refractivity contribution in [1.29, 1.82) is 0 Å². The third kappa shape index (κ3) is 4.50. The number of nitrogens with one attached hydrogen (secondary N) is 1. The van der Waals surface area contributed by atoms with Gasteiger partial charge in [0.05, 0.1) is 0 Å². The fourth-order valence-corrected chi connectivity index (χ4v) is 3.81. The summed E-state index contributed by atoms with van der Waals surface area (Å²) in [5, 5.41) is 3.01. The highest BCUT2D eigenvalue weighted by atomic mass is 16.7. The first-order chi connectivity index (χ1) is 14.5. The van der Waals surface area contributed by atoms with Gasteiger partial charge in [-0.3, -0.25) is 9.59 Å². The van der Waals surface area contributed by atoms with Gasteiger partial charge in [-0.15, -0.1) is 0 Å². The maximum absolute atomic E-state index is 12.8. The lowest BCUT2D eigenvalue weighted by atomic mass is 10.0. The molecule has 2 heterocycles. The van der Waals surface area contributed by atoms with Crippen molar-refractivity contribution >= 4 is 11.8 Å². The Morgan fingerprint density at radius 1 is 1.07 bits per heavy atom. The summed E-state index contributed by atoms with van der Waals surface area (Å²) in [4.78, 5) is 26.8. The number of likely N-dealkylation sites (tertiary alicyclic amines) is 1. The predicted molar refractivity (Wildman–Crippen MR) is 111 cm³/mol. The number of aryl methyl sites for hydroxylation is 2. The molecule has 2 aliphatic rings. The highest BCUT2D eigenvalue weighted by molar-refractivity contribution is 5.95. The highest BCUT2D eigenvalue weighted by Gasteiger charge is 2.26. The Balaban J connectivity index is 1.24. The van der Waals surface area contributed by atoms with E-state index in [1.54, 1.807) is 18.2 Å². The largest absolute Gasteiger partial charge is 0.484 e. The first-order valence-corrected chi connectivity index (χ1v) is 10.2. The molecule has 7 heteroatoms. The van der Waals surface area contributed by atoms with Gasteiger partial charge in [-0.05, 0) is 56.5 Å². The molecule has 2 aromatic carbocycles. The zero-order valence-electron chi connectivity index (χ0n) is 17.3. The van der Waals surface area contributed by atoms with Crippen LogP contribution in [0.3, 0.4) is 0 Å². The number of hydrogen-bond donors (Lipinski definition) is 1. The van der Waals surface area contributed by atoms with Gasteiger partial charge >= 0.3 is 0 Å². The van der Waals surface area contributed by atoms with Crippen LogP contribution in [0.15, 0.2) is 36.4 Å². The van der Waals surface area contributed by atoms with Gasteiger partial charge < -0.3 is 24.4 Å². The third-order valence-corrected chi connectivity index (χ3v) is 5.46. The molecule has 2 aliphatic heterocycles. The number of fused-ring (bicyclic) bond motifs is 1. The Bertz CT molecular complexity index is 951. The van der Waals surface area contributed by atoms with Gasteiger partial charge in [0.2, 0.25) is 6.79 Å². The predicted octanol–water partition coefficient (Wildman–Crippen LogP) is 2.83. The van der Waals surface area contributed by atoms with Crippen molar-refractivity contribution in [1.82, 2.24) is 10.2 Å². The minimum absolute atomic E-state index is 0.0136. The maximum Gasteiger partial charge on any atom is 0.258 e. The fraction of sp³-hybridized carbons (Fsp3) is 0.391. The molecule has 0 radical (unpaired) electrons. The van der Waals surface area contributed by atoms with E-state index in [0.29, 0.717) is 43.0 Å². The molecule has 0 unspecified atom stereocenters. The normalized spacial score (nSPS) is 15.7. The Labute approximate surface area is 175 Å². The molecule has 0 aromatic heterocycles. The summed E-state index contributed by atoms with van der Waals surface area (Å²) >= 11 is 0. The van der Waals surface area contributed by atoms with Gasteiger partial charge in [-0.25, -0.2) is 0 Å². The lowest BCUT2D eigenvalue weighted by Gasteiger charge is -2.32. The van der Waals surface area contributed by atoms with Gasteiger partial charge in [0.25, 0.3) is 11.8 Å². The van der Waals surface area contributed by atoms with Crippen molar-refractivity contribution in [2.24, 2.45) is 0 Å². The zero-order chi connectivity index (χ0) is 21.1. The molecule has 1 N–H and O–H groups in total. The molecular weight excluding hydrogens is 384 g/mol. The average Bonchev–Trinajstić information content (AvgIpc) is 3.21. The van der Waals surface area contributed by atoms with E-state index in [0.717, 1.165) is 16.9 Å². The first-order valence-electron chi connectivity index (χ1n) is 10.2. The second-order valence-electron chi connectivity index (χ2n) is 7.76. The van der Waals surface area contributed by atoms with Crippen LogP contribution in [0.1, 0.15) is 34.3 Å². The van der Waals surface area contributed by atoms with Crippen LogP contribution in [0.5, 0.6) is 17.2 Å². The Morgan fingerprint density at radius 3 is 2.60 bits per heavy atom. The molecule has 1 saturated heterocycles. The third-order valence-electron chi connectivity index (χ3n) is 5.46. The minimum atomic E-state index is -0.143. The van der Waals surface area contributed by atoms with Crippen LogP contribution in [0.2, 0.25) is 0 Å². The molecule has 0 aliphatic carbocycles. The molecule has 4 rings (SSSR count). The molecule has 1 fully saturated rings. The number of carbonyl (C=O) groups excluding carboxylic acids is 2. The quantitative estimate of drug-likeness (QED) is 0.820. The summed E-state index contributed by atoms with van der Waals surface area (Å²) < 4.78 is 16.3. The fourth-order valence-electron chi connectivity index (χ4n) is 3.81. The molecule has 158 valence electrons. The van der Waals surface area contributed by atoms with E-state index >= 15 is 0 Å². The van der Waals surface area contributed by atoms with E-state index in [-0.39, 0.29) is 31.3 Å². The average molecular weight is 410 g/mol. The smallest absolute Gasteiger partial charge is 0.258 e. The number of hydrogen-bond acceptors (Lipinski definition) is 5. The lowest BCUT2D eigenvalue weighted by Crippen LogP contribution is -2.47. The minimum Gasteiger partial charge on any atom is -0.484 e. The zero-order valence-corrected chi connectivity index (χ0v) is 17.3. The number of ether oxygens (including phenoxy) is 3. The molecule has 2 aromatic rings. The second-order valence-corrected chi connectivity index (χ2v) is 7.76. The van der Waals surface area contributed by atoms with E-state index in [4.69, 9.17) is 14.2 Å². The van der Waals surface area contributed by atoms with E-state index in [2.05, 4.69) is 5.32 Å². The van der Waals surface area contributed by atoms with Crippen molar-refractivity contribution in [3.05, 3.63) is 53.1 Å². The lowest BCUT2D eigenvalue weighted by molar-refractivity contribution is -0.124. The van der Waals surface area contributed by atoms with Gasteiger partial charge in [-0.1, -0.05) is 17.7 Å². The summed E-state index contributed by atoms with van der Waals surface area (Å²) in [7, 11) is 0. The van der Waals surface area contributed by atoms with Gasteiger partial charge in [0.15, 0.2) is 18.1 Å². The summed E-state index contributed by atoms with van der Waals surface area (Å²) in [6.07, 6.45) is 1.43. The topological polar surface area (TPSA) is 77.1 Å². The molecule has 7 nitrogen and oxygen atoms in total. The van der Waals surface area contributed by atoms with E-state index in [1.807, 2.05) is 36.9 Å². The number of benzene rings is 2. The van der Waals surface area contributed by atoms with Crippen LogP contribution in [0.4, 0.5) is 0 Å². The van der Waals surface area contributed by atoms with Gasteiger partial charge in [0.1, 0.15) is 5.75 Å². The molecule has 0 bridgehead atoms. The van der Waals surface area contributed by atoms with Crippen molar-refractivity contribution in [2.45, 2.75) is 32.7 Å². The number of amides is 2. The second kappa shape index (κ2) is 8.65. The van der Waals surface area contributed by atoms with Crippen LogP contribution in [0.25, 0.3) is 0 Å². The van der Waals surface area contributed by atoms with Crippen molar-refractivity contribution in [3.63, 3.8) is 0 Å². The van der Waals surface area contributed by atoms with Crippen LogP contribution in [-0.4, -0.2) is 49.2 Å². The van der Waals surface area contributed by atoms with E-state index in [9.17, 15) is 9.59 Å². The van der Waals surface area contributed by atoms with E-state index in [1.165, 1.54) is 0 Å². The van der Waals surface area contributed by atoms with Gasteiger partial charge in [-0.2, -0.15) is 0 Å². The van der Waals surface area contributed by atoms with Crippen molar-refractivity contribution in [2.75, 3.05) is 26.5 Å². The Morgan fingerprint density at radius 2 is 1.83 bits per heavy atom. The van der Waals surface area contributed by atoms with Crippen LogP contribution >= 0.6 is 0 Å². The summed E-state index contributed by atoms with van der Waals surface area (Å²) in [6.45, 7) is 5.35. The molecular formula is C23H26N2O5. The monoisotopic (exact) mass is 410 g/mol. The summed E-state index contributed by atoms with van der Waals surface area (Å²) in [5.74, 6) is 1.81. The van der Waals surface area contributed by atoms with Crippen LogP contribution in [0, 0.1) is 13.8 Å². The molecule has 2 amide bonds. The molecule has 0 spiro atoms. The number of carbonyl (C=O) groups is 2. The maximum atomic E-state index is 12.8. The van der Waals surface area contributed by atoms with Crippen LogP contribution in [-0.2, 0) is 4.79 Å². The van der Waals surface area contributed by atoms with E-state index < -0.39 is 0 Å². The molecule has 0 atom stereocenters.